The van der Waals surface area contributed by atoms with Crippen molar-refractivity contribution in [2.45, 2.75) is 6.92 Å². The lowest BCUT2D eigenvalue weighted by molar-refractivity contribution is 0.102. The van der Waals surface area contributed by atoms with E-state index in [0.29, 0.717) is 5.82 Å². The number of hydrogen-bond acceptors (Lipinski definition) is 3. The Bertz CT molecular complexity index is 599. The molecule has 0 fully saturated rings. The van der Waals surface area contributed by atoms with Crippen LogP contribution in [0.5, 0.6) is 5.75 Å². The van der Waals surface area contributed by atoms with Crippen LogP contribution in [0.15, 0.2) is 40.9 Å². The Morgan fingerprint density at radius 2 is 2.00 bits per heavy atom. The first-order valence-electron chi connectivity index (χ1n) is 5.30. The standard InChI is InChI=1S/C13H11BrN2O2/c1-8-10(14)6-7-12(15-8)16-13(18)9-4-2-3-5-11(9)17/h2-7,17H,1H3,(H,15,16,18). The normalized spacial score (nSPS) is 10.1. The van der Waals surface area contributed by atoms with E-state index in [-0.39, 0.29) is 17.2 Å². The second-order valence-corrected chi connectivity index (χ2v) is 4.59. The van der Waals surface area contributed by atoms with E-state index in [1.54, 1.807) is 24.3 Å². The van der Waals surface area contributed by atoms with Crippen LogP contribution >= 0.6 is 15.9 Å². The van der Waals surface area contributed by atoms with E-state index < -0.39 is 0 Å². The van der Waals surface area contributed by atoms with Gasteiger partial charge in [0.2, 0.25) is 0 Å². The molecule has 0 aliphatic carbocycles. The second kappa shape index (κ2) is 5.18. The monoisotopic (exact) mass is 306 g/mol. The molecule has 0 saturated carbocycles. The van der Waals surface area contributed by atoms with Gasteiger partial charge in [-0.15, -0.1) is 0 Å². The number of carbonyl (C=O) groups excluding carboxylic acids is 1. The van der Waals surface area contributed by atoms with Crippen LogP contribution in [0, 0.1) is 6.92 Å². The molecule has 2 aromatic rings. The van der Waals surface area contributed by atoms with Crippen molar-refractivity contribution in [1.82, 2.24) is 4.98 Å². The number of rotatable bonds is 2. The van der Waals surface area contributed by atoms with E-state index >= 15 is 0 Å². The number of nitrogens with one attached hydrogen (secondary N) is 1. The number of phenolic OH excluding ortho intramolecular Hbond substituents is 1. The van der Waals surface area contributed by atoms with Gasteiger partial charge < -0.3 is 10.4 Å². The Morgan fingerprint density at radius 3 is 2.67 bits per heavy atom. The average molecular weight is 307 g/mol. The van der Waals surface area contributed by atoms with Crippen molar-refractivity contribution in [3.8, 4) is 5.75 Å². The van der Waals surface area contributed by atoms with Crippen molar-refractivity contribution in [1.29, 1.82) is 0 Å². The molecular formula is C13H11BrN2O2. The van der Waals surface area contributed by atoms with Gasteiger partial charge in [0.05, 0.1) is 11.3 Å². The van der Waals surface area contributed by atoms with Crippen molar-refractivity contribution in [3.05, 3.63) is 52.1 Å². The Hall–Kier alpha value is -1.88. The summed E-state index contributed by atoms with van der Waals surface area (Å²) in [5.41, 5.74) is 1.00. The van der Waals surface area contributed by atoms with Gasteiger partial charge >= 0.3 is 0 Å². The van der Waals surface area contributed by atoms with Gasteiger partial charge in [-0.2, -0.15) is 0 Å². The van der Waals surface area contributed by atoms with Gasteiger partial charge in [-0.1, -0.05) is 12.1 Å². The number of para-hydroxylation sites is 1. The first kappa shape index (κ1) is 12.6. The van der Waals surface area contributed by atoms with Gasteiger partial charge in [-0.3, -0.25) is 4.79 Å². The summed E-state index contributed by atoms with van der Waals surface area (Å²) >= 11 is 3.34. The lowest BCUT2D eigenvalue weighted by Crippen LogP contribution is -2.13. The number of carbonyl (C=O) groups is 1. The second-order valence-electron chi connectivity index (χ2n) is 3.73. The molecule has 1 aromatic carbocycles. The van der Waals surface area contributed by atoms with Crippen molar-refractivity contribution >= 4 is 27.7 Å². The number of amides is 1. The first-order valence-corrected chi connectivity index (χ1v) is 6.09. The Kier molecular flexibility index (Phi) is 3.62. The fourth-order valence-corrected chi connectivity index (χ4v) is 1.68. The largest absolute Gasteiger partial charge is 0.507 e. The molecule has 92 valence electrons. The molecule has 1 heterocycles. The fourth-order valence-electron chi connectivity index (χ4n) is 1.46. The number of halogens is 1. The Balaban J connectivity index is 2.22. The highest BCUT2D eigenvalue weighted by Gasteiger charge is 2.11. The van der Waals surface area contributed by atoms with E-state index in [9.17, 15) is 9.90 Å². The van der Waals surface area contributed by atoms with Crippen LogP contribution in [0.1, 0.15) is 16.1 Å². The third kappa shape index (κ3) is 2.68. The lowest BCUT2D eigenvalue weighted by Gasteiger charge is -2.07. The molecule has 18 heavy (non-hydrogen) atoms. The summed E-state index contributed by atoms with van der Waals surface area (Å²) in [4.78, 5) is 16.1. The summed E-state index contributed by atoms with van der Waals surface area (Å²) < 4.78 is 0.878. The molecule has 0 saturated heterocycles. The first-order chi connectivity index (χ1) is 8.58. The molecule has 0 radical (unpaired) electrons. The van der Waals surface area contributed by atoms with Crippen LogP contribution in [0.3, 0.4) is 0 Å². The number of anilines is 1. The average Bonchev–Trinajstić information content (AvgIpc) is 2.34. The molecule has 0 aliphatic heterocycles. The van der Waals surface area contributed by atoms with Gasteiger partial charge in [0, 0.05) is 4.47 Å². The smallest absolute Gasteiger partial charge is 0.260 e. The molecule has 0 spiro atoms. The summed E-state index contributed by atoms with van der Waals surface area (Å²) in [6.45, 7) is 1.83. The van der Waals surface area contributed by atoms with E-state index in [4.69, 9.17) is 0 Å². The van der Waals surface area contributed by atoms with Crippen LogP contribution in [-0.2, 0) is 0 Å². The van der Waals surface area contributed by atoms with E-state index in [1.165, 1.54) is 6.07 Å². The minimum absolute atomic E-state index is 0.0520. The van der Waals surface area contributed by atoms with Crippen molar-refractivity contribution in [2.75, 3.05) is 5.32 Å². The predicted molar refractivity (Wildman–Crippen MR) is 72.7 cm³/mol. The number of hydrogen-bond donors (Lipinski definition) is 2. The van der Waals surface area contributed by atoms with Crippen molar-refractivity contribution < 1.29 is 9.90 Å². The number of aromatic hydroxyl groups is 1. The highest BCUT2D eigenvalue weighted by Crippen LogP contribution is 2.19. The van der Waals surface area contributed by atoms with Crippen LogP contribution < -0.4 is 5.32 Å². The number of aromatic nitrogens is 1. The van der Waals surface area contributed by atoms with Crippen molar-refractivity contribution in [2.24, 2.45) is 0 Å². The minimum atomic E-state index is -0.387. The topological polar surface area (TPSA) is 62.2 Å². The third-order valence-electron chi connectivity index (χ3n) is 2.41. The summed E-state index contributed by atoms with van der Waals surface area (Å²) in [5.74, 6) is 0.00936. The molecule has 0 aliphatic rings. The maximum Gasteiger partial charge on any atom is 0.260 e. The summed E-state index contributed by atoms with van der Waals surface area (Å²) in [7, 11) is 0. The maximum atomic E-state index is 11.9. The van der Waals surface area contributed by atoms with Crippen LogP contribution in [0.2, 0.25) is 0 Å². The zero-order valence-electron chi connectivity index (χ0n) is 9.64. The number of benzene rings is 1. The molecule has 2 rings (SSSR count). The van der Waals surface area contributed by atoms with Crippen LogP contribution in [-0.4, -0.2) is 16.0 Å². The van der Waals surface area contributed by atoms with E-state index in [0.717, 1.165) is 10.2 Å². The highest BCUT2D eigenvalue weighted by atomic mass is 79.9. The summed E-state index contributed by atoms with van der Waals surface area (Å²) in [6.07, 6.45) is 0. The van der Waals surface area contributed by atoms with Crippen LogP contribution in [0.4, 0.5) is 5.82 Å². The molecule has 0 unspecified atom stereocenters. The number of phenols is 1. The Labute approximate surface area is 113 Å². The molecule has 4 nitrogen and oxygen atoms in total. The molecule has 1 amide bonds. The quantitative estimate of drug-likeness (QED) is 0.896. The number of nitrogens with zero attached hydrogens (tertiary/aromatic N) is 1. The SMILES string of the molecule is Cc1nc(NC(=O)c2ccccc2O)ccc1Br. The summed E-state index contributed by atoms with van der Waals surface area (Å²) in [5, 5.41) is 12.2. The van der Waals surface area contributed by atoms with Gasteiger partial charge in [-0.05, 0) is 47.1 Å². The molecular weight excluding hydrogens is 296 g/mol. The third-order valence-corrected chi connectivity index (χ3v) is 3.25. The molecule has 1 aromatic heterocycles. The number of pyridine rings is 1. The maximum absolute atomic E-state index is 11.9. The number of aryl methyl sites for hydroxylation is 1. The van der Waals surface area contributed by atoms with E-state index in [1.807, 2.05) is 13.0 Å². The van der Waals surface area contributed by atoms with Gasteiger partial charge in [0.1, 0.15) is 11.6 Å². The minimum Gasteiger partial charge on any atom is -0.507 e. The van der Waals surface area contributed by atoms with Gasteiger partial charge in [0.25, 0.3) is 5.91 Å². The highest BCUT2D eigenvalue weighted by molar-refractivity contribution is 9.10. The molecule has 0 bridgehead atoms. The molecule has 0 atom stereocenters. The van der Waals surface area contributed by atoms with Crippen LogP contribution in [0.25, 0.3) is 0 Å². The molecule has 5 heteroatoms. The fraction of sp³-hybridized carbons (Fsp3) is 0.0769. The zero-order valence-corrected chi connectivity index (χ0v) is 11.2. The van der Waals surface area contributed by atoms with Gasteiger partial charge in [-0.25, -0.2) is 4.98 Å². The molecule has 2 N–H and O–H groups in total. The predicted octanol–water partition coefficient (Wildman–Crippen LogP) is 3.11. The zero-order chi connectivity index (χ0) is 13.1. The summed E-state index contributed by atoms with van der Waals surface area (Å²) in [6, 6.07) is 9.87. The lowest BCUT2D eigenvalue weighted by atomic mass is 10.2. The Morgan fingerprint density at radius 1 is 1.28 bits per heavy atom. The van der Waals surface area contributed by atoms with Crippen molar-refractivity contribution in [3.63, 3.8) is 0 Å². The van der Waals surface area contributed by atoms with Gasteiger partial charge in [0.15, 0.2) is 0 Å². The van der Waals surface area contributed by atoms with E-state index in [2.05, 4.69) is 26.2 Å².